The van der Waals surface area contributed by atoms with E-state index in [1.165, 1.54) is 42.7 Å². The van der Waals surface area contributed by atoms with Crippen molar-refractivity contribution >= 4 is 39.3 Å². The van der Waals surface area contributed by atoms with E-state index < -0.39 is 20.9 Å². The molecule has 0 aliphatic carbocycles. The lowest BCUT2D eigenvalue weighted by Crippen LogP contribution is -2.15. The molecule has 150 valence electrons. The Hall–Kier alpha value is -2.48. The summed E-state index contributed by atoms with van der Waals surface area (Å²) >= 11 is 11.8. The molecule has 0 saturated carbocycles. The number of oxime groups is 1. The summed E-state index contributed by atoms with van der Waals surface area (Å²) in [6.07, 6.45) is 2.54. The van der Waals surface area contributed by atoms with Gasteiger partial charge in [0.15, 0.2) is 9.84 Å². The van der Waals surface area contributed by atoms with E-state index in [-0.39, 0.29) is 21.7 Å². The van der Waals surface area contributed by atoms with Crippen LogP contribution in [0.2, 0.25) is 10.2 Å². The smallest absolute Gasteiger partial charge is 0.190 e. The van der Waals surface area contributed by atoms with Crippen LogP contribution in [0.15, 0.2) is 76.9 Å². The number of halogens is 3. The lowest BCUT2D eigenvalue weighted by atomic mass is 10.2. The molecule has 1 heterocycles. The molecule has 0 aliphatic heterocycles. The summed E-state index contributed by atoms with van der Waals surface area (Å²) in [7, 11) is -3.81. The Balaban J connectivity index is 1.85. The molecule has 0 amide bonds. The van der Waals surface area contributed by atoms with Crippen LogP contribution >= 0.6 is 23.2 Å². The van der Waals surface area contributed by atoms with E-state index in [4.69, 9.17) is 28.0 Å². The molecule has 1 unspecified atom stereocenters. The van der Waals surface area contributed by atoms with Gasteiger partial charge in [0.05, 0.1) is 16.1 Å². The lowest BCUT2D eigenvalue weighted by molar-refractivity contribution is 0.131. The number of nitrogens with zero attached hydrogens (tertiary/aromatic N) is 2. The first kappa shape index (κ1) is 21.2. The average molecular weight is 453 g/mol. The first-order valence-corrected chi connectivity index (χ1v) is 10.7. The number of aromatic nitrogens is 1. The predicted molar refractivity (Wildman–Crippen MR) is 110 cm³/mol. The molecule has 1 atom stereocenters. The molecule has 0 spiro atoms. The molecule has 0 bridgehead atoms. The zero-order chi connectivity index (χ0) is 20.9. The minimum Gasteiger partial charge on any atom is -0.391 e. The largest absolute Gasteiger partial charge is 0.391 e. The molecule has 0 aliphatic rings. The van der Waals surface area contributed by atoms with E-state index in [0.717, 1.165) is 6.07 Å². The molecule has 0 saturated heterocycles. The Morgan fingerprint density at radius 2 is 1.86 bits per heavy atom. The molecule has 3 aromatic rings. The van der Waals surface area contributed by atoms with E-state index in [1.54, 1.807) is 24.3 Å². The second kappa shape index (κ2) is 9.35. The van der Waals surface area contributed by atoms with Crippen LogP contribution in [0.3, 0.4) is 0 Å². The standard InChI is InChI=1S/C20H15Cl2FN2O3S/c21-18-10-16(23)8-6-15(18)13-28-25-12-19(14-7-9-20(22)24-11-14)29(26,27)17-4-2-1-3-5-17/h1-12,19H,13H2. The summed E-state index contributed by atoms with van der Waals surface area (Å²) < 4.78 is 39.3. The van der Waals surface area contributed by atoms with Gasteiger partial charge in [-0.3, -0.25) is 0 Å². The van der Waals surface area contributed by atoms with Crippen LogP contribution in [0, 0.1) is 5.82 Å². The Labute approximate surface area is 177 Å². The SMILES string of the molecule is O=S(=O)(c1ccccc1)C(C=NOCc1ccc(F)cc1Cl)c1ccc(Cl)nc1. The first-order chi connectivity index (χ1) is 13.9. The summed E-state index contributed by atoms with van der Waals surface area (Å²) in [6.45, 7) is -0.0490. The van der Waals surface area contributed by atoms with E-state index in [1.807, 2.05) is 0 Å². The average Bonchev–Trinajstić information content (AvgIpc) is 2.71. The van der Waals surface area contributed by atoms with Crippen molar-refractivity contribution in [2.24, 2.45) is 5.16 Å². The highest BCUT2D eigenvalue weighted by Crippen LogP contribution is 2.28. The zero-order valence-corrected chi connectivity index (χ0v) is 17.2. The number of hydrogen-bond donors (Lipinski definition) is 0. The van der Waals surface area contributed by atoms with Crippen molar-refractivity contribution in [3.63, 3.8) is 0 Å². The van der Waals surface area contributed by atoms with Gasteiger partial charge in [-0.05, 0) is 35.9 Å². The van der Waals surface area contributed by atoms with E-state index in [9.17, 15) is 12.8 Å². The maximum Gasteiger partial charge on any atom is 0.190 e. The quantitative estimate of drug-likeness (QED) is 0.279. The third-order valence-electron chi connectivity index (χ3n) is 3.99. The van der Waals surface area contributed by atoms with Crippen LogP contribution in [0.5, 0.6) is 0 Å². The van der Waals surface area contributed by atoms with Gasteiger partial charge in [0.1, 0.15) is 22.8 Å². The minimum absolute atomic E-state index is 0.0490. The molecule has 1 aromatic heterocycles. The molecular formula is C20H15Cl2FN2O3S. The summed E-state index contributed by atoms with van der Waals surface area (Å²) in [5.74, 6) is -0.466. The molecule has 9 heteroatoms. The van der Waals surface area contributed by atoms with Gasteiger partial charge >= 0.3 is 0 Å². The van der Waals surface area contributed by atoms with Gasteiger partial charge in [0.25, 0.3) is 0 Å². The van der Waals surface area contributed by atoms with Crippen molar-refractivity contribution in [3.05, 3.63) is 94.0 Å². The van der Waals surface area contributed by atoms with Crippen LogP contribution in [-0.2, 0) is 21.3 Å². The Morgan fingerprint density at radius 1 is 1.10 bits per heavy atom. The maximum atomic E-state index is 13.1. The van der Waals surface area contributed by atoms with Gasteiger partial charge in [0.2, 0.25) is 0 Å². The highest BCUT2D eigenvalue weighted by molar-refractivity contribution is 7.92. The monoisotopic (exact) mass is 452 g/mol. The van der Waals surface area contributed by atoms with Gasteiger partial charge < -0.3 is 4.84 Å². The molecule has 29 heavy (non-hydrogen) atoms. The molecule has 2 aromatic carbocycles. The summed E-state index contributed by atoms with van der Waals surface area (Å²) in [6, 6.07) is 14.9. The molecule has 3 rings (SSSR count). The van der Waals surface area contributed by atoms with Crippen LogP contribution in [0.1, 0.15) is 16.4 Å². The Morgan fingerprint density at radius 3 is 2.52 bits per heavy atom. The highest BCUT2D eigenvalue weighted by Gasteiger charge is 2.28. The van der Waals surface area contributed by atoms with Crippen molar-refractivity contribution in [1.82, 2.24) is 4.98 Å². The van der Waals surface area contributed by atoms with Crippen LogP contribution in [0.25, 0.3) is 0 Å². The van der Waals surface area contributed by atoms with Crippen LogP contribution in [-0.4, -0.2) is 19.6 Å². The van der Waals surface area contributed by atoms with Crippen molar-refractivity contribution in [2.45, 2.75) is 16.8 Å². The van der Waals surface area contributed by atoms with Gasteiger partial charge in [0, 0.05) is 11.8 Å². The number of sulfone groups is 1. The lowest BCUT2D eigenvalue weighted by Gasteiger charge is -2.14. The van der Waals surface area contributed by atoms with Gasteiger partial charge in [-0.1, -0.05) is 58.7 Å². The van der Waals surface area contributed by atoms with Crippen molar-refractivity contribution in [3.8, 4) is 0 Å². The summed E-state index contributed by atoms with van der Waals surface area (Å²) in [5, 5.41) is 3.09. The topological polar surface area (TPSA) is 68.6 Å². The van der Waals surface area contributed by atoms with Crippen LogP contribution in [0.4, 0.5) is 4.39 Å². The molecule has 0 fully saturated rings. The molecule has 0 N–H and O–H groups in total. The van der Waals surface area contributed by atoms with Gasteiger partial charge in [-0.15, -0.1) is 0 Å². The Kier molecular flexibility index (Phi) is 6.84. The molecule has 5 nitrogen and oxygen atoms in total. The number of rotatable bonds is 7. The number of pyridine rings is 1. The normalized spacial score (nSPS) is 12.8. The Bertz CT molecular complexity index is 1110. The third-order valence-corrected chi connectivity index (χ3v) is 6.56. The fourth-order valence-electron chi connectivity index (χ4n) is 2.50. The van der Waals surface area contributed by atoms with Gasteiger partial charge in [-0.25, -0.2) is 17.8 Å². The number of benzene rings is 2. The zero-order valence-electron chi connectivity index (χ0n) is 14.9. The van der Waals surface area contributed by atoms with Crippen molar-refractivity contribution in [2.75, 3.05) is 0 Å². The second-order valence-corrected chi connectivity index (χ2v) is 8.82. The highest BCUT2D eigenvalue weighted by atomic mass is 35.5. The fourth-order valence-corrected chi connectivity index (χ4v) is 4.37. The summed E-state index contributed by atoms with van der Waals surface area (Å²) in [5.41, 5.74) is 0.895. The van der Waals surface area contributed by atoms with Crippen molar-refractivity contribution < 1.29 is 17.6 Å². The molecular weight excluding hydrogens is 438 g/mol. The first-order valence-electron chi connectivity index (χ1n) is 8.37. The second-order valence-electron chi connectivity index (χ2n) is 5.96. The predicted octanol–water partition coefficient (Wildman–Crippen LogP) is 5.25. The van der Waals surface area contributed by atoms with Crippen LogP contribution < -0.4 is 0 Å². The van der Waals surface area contributed by atoms with E-state index in [0.29, 0.717) is 11.1 Å². The molecule has 0 radical (unpaired) electrons. The van der Waals surface area contributed by atoms with Crippen molar-refractivity contribution in [1.29, 1.82) is 0 Å². The van der Waals surface area contributed by atoms with Gasteiger partial charge in [-0.2, -0.15) is 0 Å². The van der Waals surface area contributed by atoms with E-state index in [2.05, 4.69) is 10.1 Å². The third kappa shape index (κ3) is 5.32. The fraction of sp³-hybridized carbons (Fsp3) is 0.100. The number of hydrogen-bond acceptors (Lipinski definition) is 5. The summed E-state index contributed by atoms with van der Waals surface area (Å²) in [4.78, 5) is 9.28. The minimum atomic E-state index is -3.81. The van der Waals surface area contributed by atoms with E-state index >= 15 is 0 Å². The maximum absolute atomic E-state index is 13.1.